The summed E-state index contributed by atoms with van der Waals surface area (Å²) in [7, 11) is 2.18. The van der Waals surface area contributed by atoms with E-state index in [0.717, 1.165) is 24.2 Å². The van der Waals surface area contributed by atoms with Crippen LogP contribution in [0, 0.1) is 0 Å². The van der Waals surface area contributed by atoms with E-state index in [2.05, 4.69) is 32.4 Å². The Morgan fingerprint density at radius 3 is 2.75 bits per heavy atom. The van der Waals surface area contributed by atoms with Crippen molar-refractivity contribution in [3.05, 3.63) is 16.1 Å². The first-order valence-corrected chi connectivity index (χ1v) is 6.98. The second kappa shape index (κ2) is 4.15. The second-order valence-corrected chi connectivity index (χ2v) is 5.83. The van der Waals surface area contributed by atoms with Crippen molar-refractivity contribution >= 4 is 15.9 Å². The summed E-state index contributed by atoms with van der Waals surface area (Å²) in [6.07, 6.45) is 5.42. The highest BCUT2D eigenvalue weighted by molar-refractivity contribution is 9.10. The van der Waals surface area contributed by atoms with Gasteiger partial charge >= 0.3 is 0 Å². The first-order chi connectivity index (χ1) is 7.75. The number of halogens is 1. The highest BCUT2D eigenvalue weighted by Crippen LogP contribution is 2.36. The van der Waals surface area contributed by atoms with Gasteiger partial charge in [-0.15, -0.1) is 0 Å². The maximum absolute atomic E-state index is 4.76. The third kappa shape index (κ3) is 1.72. The minimum absolute atomic E-state index is 0.716. The van der Waals surface area contributed by atoms with Gasteiger partial charge in [-0.2, -0.15) is 0 Å². The van der Waals surface area contributed by atoms with Gasteiger partial charge in [0.2, 0.25) is 0 Å². The van der Waals surface area contributed by atoms with Gasteiger partial charge in [-0.05, 0) is 35.8 Å². The highest BCUT2D eigenvalue weighted by Gasteiger charge is 2.27. The molecule has 1 aromatic heterocycles. The zero-order chi connectivity index (χ0) is 11.1. The Labute approximate surface area is 105 Å². The number of likely N-dealkylation sites (N-methyl/N-ethyl adjacent to an activating group) is 1. The second-order valence-electron chi connectivity index (χ2n) is 5.08. The van der Waals surface area contributed by atoms with Crippen molar-refractivity contribution in [2.75, 3.05) is 13.6 Å². The molecule has 0 saturated heterocycles. The molecule has 2 aliphatic rings. The molecule has 3 nitrogen and oxygen atoms in total. The summed E-state index contributed by atoms with van der Waals surface area (Å²) in [6.45, 7) is 3.28. The predicted octanol–water partition coefficient (Wildman–Crippen LogP) is 2.75. The van der Waals surface area contributed by atoms with Gasteiger partial charge in [-0.1, -0.05) is 12.8 Å². The number of aromatic nitrogens is 2. The Morgan fingerprint density at radius 2 is 2.00 bits per heavy atom. The quantitative estimate of drug-likeness (QED) is 0.790. The van der Waals surface area contributed by atoms with Crippen molar-refractivity contribution in [3.63, 3.8) is 0 Å². The molecule has 4 heteroatoms. The van der Waals surface area contributed by atoms with Gasteiger partial charge < -0.3 is 4.57 Å². The molecule has 88 valence electrons. The molecule has 2 heterocycles. The highest BCUT2D eigenvalue weighted by atomic mass is 79.9. The summed E-state index contributed by atoms with van der Waals surface area (Å²) in [5.41, 5.74) is 1.37. The zero-order valence-electron chi connectivity index (χ0n) is 9.75. The van der Waals surface area contributed by atoms with Gasteiger partial charge in [0.05, 0.1) is 5.69 Å². The van der Waals surface area contributed by atoms with E-state index in [1.165, 1.54) is 37.2 Å². The zero-order valence-corrected chi connectivity index (χ0v) is 11.3. The molecule has 1 aliphatic carbocycles. The SMILES string of the molecule is CN1CCn2c(C3CCCC3)nc(Br)c2C1. The van der Waals surface area contributed by atoms with E-state index in [-0.39, 0.29) is 0 Å². The molecular formula is C12H18BrN3. The van der Waals surface area contributed by atoms with E-state index < -0.39 is 0 Å². The Kier molecular flexibility index (Phi) is 2.80. The lowest BCUT2D eigenvalue weighted by Crippen LogP contribution is -2.31. The Morgan fingerprint density at radius 1 is 1.25 bits per heavy atom. The summed E-state index contributed by atoms with van der Waals surface area (Å²) >= 11 is 3.62. The average Bonchev–Trinajstić information content (AvgIpc) is 2.87. The van der Waals surface area contributed by atoms with Gasteiger partial charge in [-0.3, -0.25) is 4.90 Å². The third-order valence-corrected chi connectivity index (χ3v) is 4.53. The standard InChI is InChI=1S/C12H18BrN3/c1-15-6-7-16-10(8-15)11(13)14-12(16)9-4-2-3-5-9/h9H,2-8H2,1H3. The van der Waals surface area contributed by atoms with Crippen LogP contribution in [-0.4, -0.2) is 28.0 Å². The largest absolute Gasteiger partial charge is 0.328 e. The van der Waals surface area contributed by atoms with Crippen LogP contribution in [0.5, 0.6) is 0 Å². The molecule has 0 radical (unpaired) electrons. The van der Waals surface area contributed by atoms with Crippen LogP contribution < -0.4 is 0 Å². The summed E-state index contributed by atoms with van der Waals surface area (Å²) in [5.74, 6) is 2.06. The maximum atomic E-state index is 4.76. The molecule has 1 aromatic rings. The van der Waals surface area contributed by atoms with E-state index in [1.807, 2.05) is 0 Å². The molecule has 0 unspecified atom stereocenters. The summed E-state index contributed by atoms with van der Waals surface area (Å²) in [4.78, 5) is 7.12. The molecule has 1 aliphatic heterocycles. The fraction of sp³-hybridized carbons (Fsp3) is 0.750. The van der Waals surface area contributed by atoms with Gasteiger partial charge in [0.25, 0.3) is 0 Å². The van der Waals surface area contributed by atoms with Gasteiger partial charge in [0.15, 0.2) is 0 Å². The van der Waals surface area contributed by atoms with Crippen molar-refractivity contribution in [3.8, 4) is 0 Å². The number of fused-ring (bicyclic) bond motifs is 1. The molecule has 16 heavy (non-hydrogen) atoms. The van der Waals surface area contributed by atoms with Crippen molar-refractivity contribution < 1.29 is 0 Å². The fourth-order valence-corrected chi connectivity index (χ4v) is 3.50. The van der Waals surface area contributed by atoms with Crippen LogP contribution in [0.3, 0.4) is 0 Å². The normalized spacial score (nSPS) is 22.6. The van der Waals surface area contributed by atoms with Crippen molar-refractivity contribution in [1.29, 1.82) is 0 Å². The molecule has 0 atom stereocenters. The molecule has 1 saturated carbocycles. The van der Waals surface area contributed by atoms with E-state index in [9.17, 15) is 0 Å². The maximum Gasteiger partial charge on any atom is 0.129 e. The van der Waals surface area contributed by atoms with E-state index in [4.69, 9.17) is 4.98 Å². The number of nitrogens with zero attached hydrogens (tertiary/aromatic N) is 3. The molecule has 0 spiro atoms. The van der Waals surface area contributed by atoms with Gasteiger partial charge in [0, 0.05) is 25.6 Å². The molecule has 3 rings (SSSR count). The molecule has 1 fully saturated rings. The topological polar surface area (TPSA) is 21.1 Å². The van der Waals surface area contributed by atoms with Crippen molar-refractivity contribution in [2.24, 2.45) is 0 Å². The molecule has 0 amide bonds. The molecule has 0 aromatic carbocycles. The smallest absolute Gasteiger partial charge is 0.129 e. The van der Waals surface area contributed by atoms with Crippen LogP contribution in [0.15, 0.2) is 4.60 Å². The van der Waals surface area contributed by atoms with Crippen molar-refractivity contribution in [1.82, 2.24) is 14.5 Å². The average molecular weight is 284 g/mol. The summed E-state index contributed by atoms with van der Waals surface area (Å²) in [6, 6.07) is 0. The first-order valence-electron chi connectivity index (χ1n) is 6.19. The van der Waals surface area contributed by atoms with E-state index in [1.54, 1.807) is 0 Å². The first kappa shape index (κ1) is 10.8. The lowest BCUT2D eigenvalue weighted by Gasteiger charge is -2.26. The van der Waals surface area contributed by atoms with Crippen LogP contribution in [0.25, 0.3) is 0 Å². The van der Waals surface area contributed by atoms with Crippen LogP contribution in [0.1, 0.15) is 43.1 Å². The van der Waals surface area contributed by atoms with Crippen molar-refractivity contribution in [2.45, 2.75) is 44.7 Å². The Balaban J connectivity index is 1.97. The van der Waals surface area contributed by atoms with Gasteiger partial charge in [-0.25, -0.2) is 4.98 Å². The molecule has 0 N–H and O–H groups in total. The molecule has 0 bridgehead atoms. The monoisotopic (exact) mass is 283 g/mol. The Hall–Kier alpha value is -0.350. The van der Waals surface area contributed by atoms with E-state index in [0.29, 0.717) is 5.92 Å². The number of hydrogen-bond acceptors (Lipinski definition) is 2. The van der Waals surface area contributed by atoms with Crippen LogP contribution in [0.2, 0.25) is 0 Å². The third-order valence-electron chi connectivity index (χ3n) is 3.90. The molecular weight excluding hydrogens is 266 g/mol. The van der Waals surface area contributed by atoms with Gasteiger partial charge in [0.1, 0.15) is 10.4 Å². The van der Waals surface area contributed by atoms with Crippen LogP contribution >= 0.6 is 15.9 Å². The van der Waals surface area contributed by atoms with E-state index >= 15 is 0 Å². The minimum atomic E-state index is 0.716. The number of imidazole rings is 1. The predicted molar refractivity (Wildman–Crippen MR) is 67.5 cm³/mol. The number of rotatable bonds is 1. The summed E-state index contributed by atoms with van der Waals surface area (Å²) in [5, 5.41) is 0. The van der Waals surface area contributed by atoms with Crippen LogP contribution in [-0.2, 0) is 13.1 Å². The minimum Gasteiger partial charge on any atom is -0.328 e. The lowest BCUT2D eigenvalue weighted by atomic mass is 10.1. The van der Waals surface area contributed by atoms with Crippen LogP contribution in [0.4, 0.5) is 0 Å². The lowest BCUT2D eigenvalue weighted by molar-refractivity contribution is 0.264. The summed E-state index contributed by atoms with van der Waals surface area (Å²) < 4.78 is 3.53. The number of hydrogen-bond donors (Lipinski definition) is 0. The fourth-order valence-electron chi connectivity index (χ4n) is 2.98. The Bertz CT molecular complexity index is 393.